The smallest absolute Gasteiger partial charge is 0.315 e. The second-order valence-electron chi connectivity index (χ2n) is 4.91. The van der Waals surface area contributed by atoms with Crippen molar-refractivity contribution in [1.82, 2.24) is 10.6 Å². The van der Waals surface area contributed by atoms with Crippen molar-refractivity contribution >= 4 is 29.6 Å². The van der Waals surface area contributed by atoms with Crippen LogP contribution in [0, 0.1) is 0 Å². The molecule has 0 aromatic carbocycles. The summed E-state index contributed by atoms with van der Waals surface area (Å²) in [5, 5.41) is 5.98. The van der Waals surface area contributed by atoms with Crippen LogP contribution in [0.5, 0.6) is 0 Å². The highest BCUT2D eigenvalue weighted by atomic mass is 32.2. The number of carbonyl (C=O) groups excluding carboxylic acids is 1. The Hall–Kier alpha value is -0.0300. The molecule has 0 radical (unpaired) electrons. The van der Waals surface area contributed by atoms with Crippen LogP contribution in [0.15, 0.2) is 0 Å². The van der Waals surface area contributed by atoms with Crippen LogP contribution in [0.1, 0.15) is 33.1 Å². The topological polar surface area (TPSA) is 41.1 Å². The number of carbonyl (C=O) groups is 1. The summed E-state index contributed by atoms with van der Waals surface area (Å²) in [5.74, 6) is 2.32. The molecule has 17 heavy (non-hydrogen) atoms. The molecule has 1 aliphatic rings. The summed E-state index contributed by atoms with van der Waals surface area (Å²) in [5.41, 5.74) is 0. The molecule has 0 aliphatic carbocycles. The van der Waals surface area contributed by atoms with Gasteiger partial charge in [0.2, 0.25) is 0 Å². The zero-order valence-corrected chi connectivity index (χ0v) is 12.7. The van der Waals surface area contributed by atoms with E-state index in [1.54, 1.807) is 0 Å². The number of amides is 2. The van der Waals surface area contributed by atoms with E-state index in [4.69, 9.17) is 0 Å². The number of rotatable bonds is 6. The molecule has 1 fully saturated rings. The molecule has 1 heterocycles. The van der Waals surface area contributed by atoms with Crippen molar-refractivity contribution in [3.05, 3.63) is 0 Å². The number of hydrogen-bond donors (Lipinski definition) is 2. The molecule has 1 saturated heterocycles. The van der Waals surface area contributed by atoms with Crippen molar-refractivity contribution in [3.8, 4) is 0 Å². The van der Waals surface area contributed by atoms with Crippen LogP contribution >= 0.6 is 23.5 Å². The monoisotopic (exact) mass is 276 g/mol. The van der Waals surface area contributed by atoms with Crippen molar-refractivity contribution in [3.63, 3.8) is 0 Å². The van der Waals surface area contributed by atoms with Gasteiger partial charge in [-0.2, -0.15) is 23.5 Å². The Morgan fingerprint density at radius 2 is 2.35 bits per heavy atom. The molecule has 100 valence electrons. The summed E-state index contributed by atoms with van der Waals surface area (Å²) in [6.07, 6.45) is 5.60. The van der Waals surface area contributed by atoms with E-state index in [1.807, 2.05) is 23.5 Å². The molecular formula is C12H24N2OS2. The minimum absolute atomic E-state index is 0.0210. The largest absolute Gasteiger partial charge is 0.337 e. The highest BCUT2D eigenvalue weighted by Gasteiger charge is 2.29. The standard InChI is InChI=1S/C12H24N2OS2/c1-10(5-8-16-3)14-11(15)13-9-12(2)6-4-7-17-12/h10H,4-9H2,1-3H3,(H2,13,14,15). The average molecular weight is 276 g/mol. The van der Waals surface area contributed by atoms with Crippen LogP contribution in [0.25, 0.3) is 0 Å². The van der Waals surface area contributed by atoms with Gasteiger partial charge in [-0.25, -0.2) is 4.79 Å². The summed E-state index contributed by atoms with van der Waals surface area (Å²) >= 11 is 3.79. The molecule has 0 saturated carbocycles. The van der Waals surface area contributed by atoms with Crippen molar-refractivity contribution in [2.75, 3.05) is 24.3 Å². The van der Waals surface area contributed by atoms with E-state index in [2.05, 4.69) is 30.7 Å². The van der Waals surface area contributed by atoms with Gasteiger partial charge >= 0.3 is 6.03 Å². The lowest BCUT2D eigenvalue weighted by molar-refractivity contribution is 0.236. The Morgan fingerprint density at radius 3 is 2.94 bits per heavy atom. The maximum absolute atomic E-state index is 11.7. The van der Waals surface area contributed by atoms with Gasteiger partial charge in [-0.3, -0.25) is 0 Å². The molecule has 1 rings (SSSR count). The van der Waals surface area contributed by atoms with E-state index >= 15 is 0 Å². The van der Waals surface area contributed by atoms with Crippen molar-refractivity contribution < 1.29 is 4.79 Å². The van der Waals surface area contributed by atoms with Gasteiger partial charge in [-0.1, -0.05) is 0 Å². The summed E-state index contributed by atoms with van der Waals surface area (Å²) < 4.78 is 0.250. The fraction of sp³-hybridized carbons (Fsp3) is 0.917. The zero-order valence-electron chi connectivity index (χ0n) is 11.0. The lowest BCUT2D eigenvalue weighted by atomic mass is 10.1. The summed E-state index contributed by atoms with van der Waals surface area (Å²) in [4.78, 5) is 11.7. The zero-order chi connectivity index (χ0) is 12.7. The van der Waals surface area contributed by atoms with E-state index in [1.165, 1.54) is 18.6 Å². The highest BCUT2D eigenvalue weighted by Crippen LogP contribution is 2.36. The van der Waals surface area contributed by atoms with Crippen LogP contribution in [0.2, 0.25) is 0 Å². The first-order chi connectivity index (χ1) is 8.06. The van der Waals surface area contributed by atoms with Gasteiger partial charge in [0, 0.05) is 17.3 Å². The number of urea groups is 1. The quantitative estimate of drug-likeness (QED) is 0.784. The molecule has 0 bridgehead atoms. The number of hydrogen-bond acceptors (Lipinski definition) is 3. The third-order valence-electron chi connectivity index (χ3n) is 3.06. The maximum atomic E-state index is 11.7. The van der Waals surface area contributed by atoms with Crippen LogP contribution in [0.4, 0.5) is 4.79 Å². The molecular weight excluding hydrogens is 252 g/mol. The minimum atomic E-state index is -0.0210. The fourth-order valence-electron chi connectivity index (χ4n) is 1.89. The second-order valence-corrected chi connectivity index (χ2v) is 7.58. The van der Waals surface area contributed by atoms with E-state index in [0.29, 0.717) is 0 Å². The van der Waals surface area contributed by atoms with Crippen LogP contribution < -0.4 is 10.6 Å². The van der Waals surface area contributed by atoms with E-state index in [-0.39, 0.29) is 16.8 Å². The Morgan fingerprint density at radius 1 is 1.59 bits per heavy atom. The highest BCUT2D eigenvalue weighted by molar-refractivity contribution is 8.00. The van der Waals surface area contributed by atoms with Crippen molar-refractivity contribution in [1.29, 1.82) is 0 Å². The first kappa shape index (κ1) is 15.0. The molecule has 3 nitrogen and oxygen atoms in total. The molecule has 0 aromatic rings. The SMILES string of the molecule is CSCCC(C)NC(=O)NCC1(C)CCCS1. The lowest BCUT2D eigenvalue weighted by Gasteiger charge is -2.23. The van der Waals surface area contributed by atoms with Gasteiger partial charge in [0.05, 0.1) is 0 Å². The van der Waals surface area contributed by atoms with Gasteiger partial charge < -0.3 is 10.6 Å². The van der Waals surface area contributed by atoms with Gasteiger partial charge in [-0.15, -0.1) is 0 Å². The van der Waals surface area contributed by atoms with Crippen LogP contribution in [0.3, 0.4) is 0 Å². The third kappa shape index (κ3) is 5.91. The normalized spacial score (nSPS) is 25.6. The second kappa shape index (κ2) is 7.41. The molecule has 5 heteroatoms. The van der Waals surface area contributed by atoms with E-state index in [9.17, 15) is 4.79 Å². The first-order valence-electron chi connectivity index (χ1n) is 6.23. The summed E-state index contributed by atoms with van der Waals surface area (Å²) in [6, 6.07) is 0.235. The minimum Gasteiger partial charge on any atom is -0.337 e. The van der Waals surface area contributed by atoms with Gasteiger partial charge in [0.1, 0.15) is 0 Å². The molecule has 2 N–H and O–H groups in total. The lowest BCUT2D eigenvalue weighted by Crippen LogP contribution is -2.45. The average Bonchev–Trinajstić information content (AvgIpc) is 2.71. The molecule has 2 atom stereocenters. The predicted molar refractivity (Wildman–Crippen MR) is 79.1 cm³/mol. The van der Waals surface area contributed by atoms with E-state index < -0.39 is 0 Å². The summed E-state index contributed by atoms with van der Waals surface area (Å²) in [7, 11) is 0. The number of nitrogens with one attached hydrogen (secondary N) is 2. The van der Waals surface area contributed by atoms with E-state index in [0.717, 1.165) is 18.7 Å². The Labute approximate surface area is 113 Å². The third-order valence-corrected chi connectivity index (χ3v) is 5.24. The Kier molecular flexibility index (Phi) is 6.55. The Balaban J connectivity index is 2.16. The maximum Gasteiger partial charge on any atom is 0.315 e. The van der Waals surface area contributed by atoms with Crippen molar-refractivity contribution in [2.24, 2.45) is 0 Å². The molecule has 2 amide bonds. The summed E-state index contributed by atoms with van der Waals surface area (Å²) in [6.45, 7) is 5.07. The van der Waals surface area contributed by atoms with Crippen LogP contribution in [-0.2, 0) is 0 Å². The fourth-order valence-corrected chi connectivity index (χ4v) is 3.72. The van der Waals surface area contributed by atoms with Crippen LogP contribution in [-0.4, -0.2) is 41.1 Å². The molecule has 0 aromatic heterocycles. The van der Waals surface area contributed by atoms with Gasteiger partial charge in [0.15, 0.2) is 0 Å². The molecule has 1 aliphatic heterocycles. The molecule has 2 unspecified atom stereocenters. The van der Waals surface area contributed by atoms with Gasteiger partial charge in [0.25, 0.3) is 0 Å². The number of thioether (sulfide) groups is 2. The van der Waals surface area contributed by atoms with Gasteiger partial charge in [-0.05, 0) is 50.9 Å². The predicted octanol–water partition coefficient (Wildman–Crippen LogP) is 2.71. The Bertz CT molecular complexity index is 243. The van der Waals surface area contributed by atoms with Crippen molar-refractivity contribution in [2.45, 2.75) is 43.9 Å². The molecule has 0 spiro atoms. The first-order valence-corrected chi connectivity index (χ1v) is 8.61.